The number of methoxy groups -OCH3 is 2. The van der Waals surface area contributed by atoms with Crippen molar-refractivity contribution in [3.8, 4) is 11.5 Å². The monoisotopic (exact) mass is 311 g/mol. The fourth-order valence-corrected chi connectivity index (χ4v) is 3.34. The number of halogens is 1. The summed E-state index contributed by atoms with van der Waals surface area (Å²) in [6.07, 6.45) is 6.55. The number of benzene rings is 1. The van der Waals surface area contributed by atoms with Crippen LogP contribution in [0, 0.1) is 5.92 Å². The van der Waals surface area contributed by atoms with E-state index in [-0.39, 0.29) is 0 Å². The Bertz CT molecular complexity index is 464. The molecule has 0 aromatic heterocycles. The lowest BCUT2D eigenvalue weighted by molar-refractivity contribution is 0.354. The predicted octanol–water partition coefficient (Wildman–Crippen LogP) is 4.42. The van der Waals surface area contributed by atoms with E-state index in [0.29, 0.717) is 22.6 Å². The second-order valence-electron chi connectivity index (χ2n) is 6.00. The van der Waals surface area contributed by atoms with Gasteiger partial charge in [0.05, 0.1) is 19.2 Å². The van der Waals surface area contributed by atoms with Gasteiger partial charge >= 0.3 is 0 Å². The van der Waals surface area contributed by atoms with E-state index in [9.17, 15) is 0 Å². The molecule has 21 heavy (non-hydrogen) atoms. The molecule has 1 aliphatic rings. The zero-order chi connectivity index (χ0) is 15.2. The van der Waals surface area contributed by atoms with Gasteiger partial charge in [0.25, 0.3) is 0 Å². The highest BCUT2D eigenvalue weighted by atomic mass is 35.5. The van der Waals surface area contributed by atoms with E-state index >= 15 is 0 Å². The van der Waals surface area contributed by atoms with Gasteiger partial charge in [0.2, 0.25) is 0 Å². The van der Waals surface area contributed by atoms with Crippen LogP contribution in [0.3, 0.4) is 0 Å². The summed E-state index contributed by atoms with van der Waals surface area (Å²) in [5.74, 6) is 2.16. The van der Waals surface area contributed by atoms with Gasteiger partial charge < -0.3 is 14.8 Å². The number of hydrogen-bond acceptors (Lipinski definition) is 3. The van der Waals surface area contributed by atoms with E-state index in [1.165, 1.54) is 32.1 Å². The molecule has 1 aliphatic carbocycles. The first-order chi connectivity index (χ1) is 10.1. The Morgan fingerprint density at radius 3 is 2.67 bits per heavy atom. The van der Waals surface area contributed by atoms with Crippen molar-refractivity contribution in [2.45, 2.75) is 51.6 Å². The molecular formula is C17H26ClNO2. The number of rotatable bonds is 5. The summed E-state index contributed by atoms with van der Waals surface area (Å²) in [4.78, 5) is 0. The zero-order valence-corrected chi connectivity index (χ0v) is 14.0. The Kier molecular flexibility index (Phi) is 6.19. The molecule has 0 aliphatic heterocycles. The zero-order valence-electron chi connectivity index (χ0n) is 13.2. The summed E-state index contributed by atoms with van der Waals surface area (Å²) < 4.78 is 10.6. The van der Waals surface area contributed by atoms with E-state index in [1.54, 1.807) is 14.2 Å². The SMILES string of the molecule is COc1cc(CNC2CCCC(C)CC2)cc(Cl)c1OC. The predicted molar refractivity (Wildman–Crippen MR) is 87.4 cm³/mol. The fraction of sp³-hybridized carbons (Fsp3) is 0.647. The summed E-state index contributed by atoms with van der Waals surface area (Å²) in [7, 11) is 3.24. The van der Waals surface area contributed by atoms with E-state index in [0.717, 1.165) is 18.0 Å². The largest absolute Gasteiger partial charge is 0.493 e. The van der Waals surface area contributed by atoms with E-state index in [2.05, 4.69) is 12.2 Å². The van der Waals surface area contributed by atoms with Crippen molar-refractivity contribution in [1.82, 2.24) is 5.32 Å². The summed E-state index contributed by atoms with van der Waals surface area (Å²) in [5, 5.41) is 4.26. The highest BCUT2D eigenvalue weighted by Gasteiger charge is 2.16. The van der Waals surface area contributed by atoms with Gasteiger partial charge in [-0.05, 0) is 42.9 Å². The first-order valence-corrected chi connectivity index (χ1v) is 8.15. The molecule has 2 atom stereocenters. The van der Waals surface area contributed by atoms with Gasteiger partial charge in [-0.15, -0.1) is 0 Å². The highest BCUT2D eigenvalue weighted by Crippen LogP contribution is 2.36. The van der Waals surface area contributed by atoms with Crippen LogP contribution in [0.4, 0.5) is 0 Å². The molecule has 0 radical (unpaired) electrons. The molecular weight excluding hydrogens is 286 g/mol. The van der Waals surface area contributed by atoms with E-state index in [1.807, 2.05) is 12.1 Å². The number of ether oxygens (including phenoxy) is 2. The molecule has 1 saturated carbocycles. The van der Waals surface area contributed by atoms with Gasteiger partial charge in [-0.1, -0.05) is 31.4 Å². The maximum atomic E-state index is 6.25. The molecule has 1 aromatic carbocycles. The standard InChI is InChI=1S/C17H26ClNO2/c1-12-5-4-6-14(8-7-12)19-11-13-9-15(18)17(21-3)16(10-13)20-2/h9-10,12,14,19H,4-8,11H2,1-3H3. The third kappa shape index (κ3) is 4.52. The Balaban J connectivity index is 1.98. The van der Waals surface area contributed by atoms with Crippen LogP contribution in [0.5, 0.6) is 11.5 Å². The molecule has 1 N–H and O–H groups in total. The lowest BCUT2D eigenvalue weighted by Gasteiger charge is -2.17. The van der Waals surface area contributed by atoms with Crippen LogP contribution in [0.25, 0.3) is 0 Å². The normalized spacial score (nSPS) is 22.7. The van der Waals surface area contributed by atoms with Gasteiger partial charge in [0, 0.05) is 12.6 Å². The van der Waals surface area contributed by atoms with Crippen molar-refractivity contribution in [2.75, 3.05) is 14.2 Å². The molecule has 1 aromatic rings. The third-order valence-electron chi connectivity index (χ3n) is 4.35. The second kappa shape index (κ2) is 7.90. The minimum atomic E-state index is 0.600. The van der Waals surface area contributed by atoms with Gasteiger partial charge in [0.1, 0.15) is 0 Å². The minimum absolute atomic E-state index is 0.600. The molecule has 0 amide bonds. The van der Waals surface area contributed by atoms with E-state index < -0.39 is 0 Å². The maximum Gasteiger partial charge on any atom is 0.179 e. The van der Waals surface area contributed by atoms with Gasteiger partial charge in [-0.25, -0.2) is 0 Å². The molecule has 0 spiro atoms. The Morgan fingerprint density at radius 2 is 1.95 bits per heavy atom. The molecule has 0 bridgehead atoms. The lowest BCUT2D eigenvalue weighted by atomic mass is 10.0. The van der Waals surface area contributed by atoms with Crippen LogP contribution in [0.1, 0.15) is 44.6 Å². The summed E-state index contributed by atoms with van der Waals surface area (Å²) >= 11 is 6.25. The topological polar surface area (TPSA) is 30.5 Å². The van der Waals surface area contributed by atoms with E-state index in [4.69, 9.17) is 21.1 Å². The fourth-order valence-electron chi connectivity index (χ4n) is 3.03. The minimum Gasteiger partial charge on any atom is -0.493 e. The molecule has 4 heteroatoms. The van der Waals surface area contributed by atoms with Crippen molar-refractivity contribution >= 4 is 11.6 Å². The van der Waals surface area contributed by atoms with Crippen molar-refractivity contribution in [3.63, 3.8) is 0 Å². The van der Waals surface area contributed by atoms with Crippen LogP contribution in [-0.4, -0.2) is 20.3 Å². The Morgan fingerprint density at radius 1 is 1.14 bits per heavy atom. The summed E-state index contributed by atoms with van der Waals surface area (Å²) in [6.45, 7) is 3.18. The maximum absolute atomic E-state index is 6.25. The Hall–Kier alpha value is -0.930. The lowest BCUT2D eigenvalue weighted by Crippen LogP contribution is -2.28. The first kappa shape index (κ1) is 16.4. The molecule has 2 rings (SSSR count). The third-order valence-corrected chi connectivity index (χ3v) is 4.63. The summed E-state index contributed by atoms with van der Waals surface area (Å²) in [5.41, 5.74) is 1.13. The Labute approximate surface area is 133 Å². The second-order valence-corrected chi connectivity index (χ2v) is 6.41. The molecule has 3 nitrogen and oxygen atoms in total. The molecule has 118 valence electrons. The average molecular weight is 312 g/mol. The smallest absolute Gasteiger partial charge is 0.179 e. The van der Waals surface area contributed by atoms with Crippen molar-refractivity contribution in [1.29, 1.82) is 0 Å². The van der Waals surface area contributed by atoms with Gasteiger partial charge in [0.15, 0.2) is 11.5 Å². The van der Waals surface area contributed by atoms with Crippen LogP contribution in [0.2, 0.25) is 5.02 Å². The van der Waals surface area contributed by atoms with Crippen molar-refractivity contribution in [3.05, 3.63) is 22.7 Å². The van der Waals surface area contributed by atoms with Gasteiger partial charge in [-0.3, -0.25) is 0 Å². The molecule has 0 heterocycles. The van der Waals surface area contributed by atoms with Gasteiger partial charge in [-0.2, -0.15) is 0 Å². The molecule has 0 saturated heterocycles. The number of hydrogen-bond donors (Lipinski definition) is 1. The van der Waals surface area contributed by atoms with Crippen molar-refractivity contribution < 1.29 is 9.47 Å². The molecule has 2 unspecified atom stereocenters. The van der Waals surface area contributed by atoms with Crippen molar-refractivity contribution in [2.24, 2.45) is 5.92 Å². The number of nitrogens with one attached hydrogen (secondary N) is 1. The van der Waals surface area contributed by atoms with Crippen LogP contribution < -0.4 is 14.8 Å². The highest BCUT2D eigenvalue weighted by molar-refractivity contribution is 6.32. The molecule has 1 fully saturated rings. The van der Waals surface area contributed by atoms with Crippen LogP contribution in [-0.2, 0) is 6.54 Å². The quantitative estimate of drug-likeness (QED) is 0.817. The summed E-state index contributed by atoms with van der Waals surface area (Å²) in [6, 6.07) is 4.56. The van der Waals surface area contributed by atoms with Crippen LogP contribution >= 0.6 is 11.6 Å². The average Bonchev–Trinajstić information content (AvgIpc) is 2.69. The van der Waals surface area contributed by atoms with Crippen LogP contribution in [0.15, 0.2) is 12.1 Å². The first-order valence-electron chi connectivity index (χ1n) is 7.77.